The smallest absolute Gasteiger partial charge is 0.326 e. The Morgan fingerprint density at radius 3 is 2.46 bits per heavy atom. The predicted octanol–water partition coefficient (Wildman–Crippen LogP) is 4.02. The van der Waals surface area contributed by atoms with Gasteiger partial charge < -0.3 is 24.5 Å². The molecule has 41 heavy (non-hydrogen) atoms. The zero-order chi connectivity index (χ0) is 30.8. The van der Waals surface area contributed by atoms with Gasteiger partial charge in [-0.05, 0) is 47.0 Å². The Morgan fingerprint density at radius 2 is 1.83 bits per heavy atom. The highest BCUT2D eigenvalue weighted by Crippen LogP contribution is 2.41. The molecule has 0 radical (unpaired) electrons. The molecule has 0 bridgehead atoms. The molecule has 0 spiro atoms. The van der Waals surface area contributed by atoms with Crippen LogP contribution in [0.3, 0.4) is 0 Å². The molecular weight excluding hydrogens is 549 g/mol. The third kappa shape index (κ3) is 11.0. The Labute approximate surface area is 243 Å². The van der Waals surface area contributed by atoms with Gasteiger partial charge in [0.25, 0.3) is 0 Å². The van der Waals surface area contributed by atoms with Crippen molar-refractivity contribution < 1.29 is 28.4 Å². The van der Waals surface area contributed by atoms with Gasteiger partial charge in [0.15, 0.2) is 11.5 Å². The van der Waals surface area contributed by atoms with Gasteiger partial charge in [-0.25, -0.2) is 25.1 Å². The third-order valence-electron chi connectivity index (χ3n) is 6.31. The summed E-state index contributed by atoms with van der Waals surface area (Å²) in [7, 11) is -3.64. The van der Waals surface area contributed by atoms with E-state index in [0.29, 0.717) is 17.7 Å². The molecule has 14 heteroatoms. The minimum absolute atomic E-state index is 0.00111. The summed E-state index contributed by atoms with van der Waals surface area (Å²) in [6.07, 6.45) is 4.70. The number of unbranched alkanes of at least 4 members (excludes halogenated alkanes) is 2. The van der Waals surface area contributed by atoms with Crippen molar-refractivity contribution in [2.45, 2.75) is 111 Å². The second-order valence-electron chi connectivity index (χ2n) is 11.5. The lowest BCUT2D eigenvalue weighted by Gasteiger charge is -2.34. The molecule has 3 atom stereocenters. The number of nitrogens with zero attached hydrogens (tertiary/aromatic N) is 4. The number of ether oxygens (including phenoxy) is 3. The fourth-order valence-electron chi connectivity index (χ4n) is 4.08. The summed E-state index contributed by atoms with van der Waals surface area (Å²) in [6.45, 7) is 15.1. The maximum atomic E-state index is 14.4. The van der Waals surface area contributed by atoms with Crippen molar-refractivity contribution in [3.63, 3.8) is 0 Å². The quantitative estimate of drug-likeness (QED) is 0.128. The summed E-state index contributed by atoms with van der Waals surface area (Å²) in [4.78, 5) is 37.9. The summed E-state index contributed by atoms with van der Waals surface area (Å²) in [5, 5.41) is 6.12. The van der Waals surface area contributed by atoms with E-state index in [4.69, 9.17) is 19.9 Å². The average Bonchev–Trinajstić information content (AvgIpc) is 3.28. The van der Waals surface area contributed by atoms with E-state index in [1.54, 1.807) is 38.6 Å². The van der Waals surface area contributed by atoms with E-state index in [0.717, 1.165) is 19.3 Å². The number of anilines is 1. The lowest BCUT2D eigenvalue weighted by Crippen LogP contribution is -2.50. The predicted molar refractivity (Wildman–Crippen MR) is 158 cm³/mol. The SMILES string of the molecule is CCCCCOC(=O)C(C)(C)N[P@@](=O)(COC(C)Cn1cnc2c(N)ncnc21)N[C@@H](CC(=O)OC(C)C)C(C)C. The first-order valence-corrected chi connectivity index (χ1v) is 16.1. The van der Waals surface area contributed by atoms with E-state index >= 15 is 0 Å². The fraction of sp³-hybridized carbons (Fsp3) is 0.741. The number of hydrogen-bond donors (Lipinski definition) is 3. The standard InChI is InChI=1S/C27H48N7O6P/c1-9-10-11-12-38-26(36)27(7,8)33-41(37,32-21(18(2)3)13-22(35)40-19(4)5)17-39-20(6)14-34-16-31-23-24(28)29-15-30-25(23)34/h15-16,18-21H,9-14,17H2,1-8H3,(H2,28,29,30)(H2,32,33,37)/t20?,21-,41+/m0/s1. The topological polar surface area (TPSA) is 173 Å². The monoisotopic (exact) mass is 597 g/mol. The molecule has 13 nitrogen and oxygen atoms in total. The van der Waals surface area contributed by atoms with Crippen molar-refractivity contribution in [2.75, 3.05) is 18.7 Å². The van der Waals surface area contributed by atoms with Gasteiger partial charge in [0.05, 0.1) is 38.1 Å². The van der Waals surface area contributed by atoms with Crippen LogP contribution in [0.25, 0.3) is 11.2 Å². The maximum Gasteiger partial charge on any atom is 0.326 e. The van der Waals surface area contributed by atoms with Crippen LogP contribution in [-0.2, 0) is 34.9 Å². The zero-order valence-corrected chi connectivity index (χ0v) is 26.6. The Bertz CT molecular complexity index is 1190. The third-order valence-corrected chi connectivity index (χ3v) is 8.49. The fourth-order valence-corrected chi connectivity index (χ4v) is 6.67. The molecule has 4 N–H and O–H groups in total. The largest absolute Gasteiger partial charge is 0.464 e. The highest BCUT2D eigenvalue weighted by molar-refractivity contribution is 7.59. The van der Waals surface area contributed by atoms with Crippen molar-refractivity contribution in [3.05, 3.63) is 12.7 Å². The van der Waals surface area contributed by atoms with Crippen molar-refractivity contribution in [1.82, 2.24) is 29.7 Å². The van der Waals surface area contributed by atoms with Crippen LogP contribution in [0, 0.1) is 5.92 Å². The number of carbonyl (C=O) groups is 2. The summed E-state index contributed by atoms with van der Waals surface area (Å²) in [6, 6.07) is -0.507. The molecule has 232 valence electrons. The van der Waals surface area contributed by atoms with E-state index in [1.807, 2.05) is 20.8 Å². The Kier molecular flexibility index (Phi) is 13.1. The molecule has 0 aliphatic heterocycles. The summed E-state index contributed by atoms with van der Waals surface area (Å²) >= 11 is 0. The normalized spacial score (nSPS) is 15.2. The Hall–Kier alpha value is -2.60. The van der Waals surface area contributed by atoms with Gasteiger partial charge in [-0.1, -0.05) is 33.6 Å². The number of aromatic nitrogens is 4. The van der Waals surface area contributed by atoms with Crippen molar-refractivity contribution in [3.8, 4) is 0 Å². The second kappa shape index (κ2) is 15.6. The minimum Gasteiger partial charge on any atom is -0.464 e. The number of esters is 2. The Balaban J connectivity index is 2.21. The number of imidazole rings is 1. The van der Waals surface area contributed by atoms with Crippen LogP contribution in [0.15, 0.2) is 12.7 Å². The first kappa shape index (κ1) is 34.6. The molecule has 2 heterocycles. The molecule has 0 saturated heterocycles. The van der Waals surface area contributed by atoms with Gasteiger partial charge in [0.2, 0.25) is 7.44 Å². The van der Waals surface area contributed by atoms with Gasteiger partial charge in [-0.2, -0.15) is 0 Å². The number of nitrogens with two attached hydrogens (primary N) is 1. The summed E-state index contributed by atoms with van der Waals surface area (Å²) in [5.41, 5.74) is 5.64. The number of nitrogen functional groups attached to an aromatic ring is 1. The average molecular weight is 598 g/mol. The van der Waals surface area contributed by atoms with E-state index in [1.165, 1.54) is 6.33 Å². The highest BCUT2D eigenvalue weighted by atomic mass is 31.2. The molecule has 0 aromatic carbocycles. The van der Waals surface area contributed by atoms with Gasteiger partial charge in [-0.3, -0.25) is 14.2 Å². The molecule has 0 amide bonds. The molecule has 2 aromatic heterocycles. The van der Waals surface area contributed by atoms with Gasteiger partial charge in [0.1, 0.15) is 23.7 Å². The van der Waals surface area contributed by atoms with E-state index in [9.17, 15) is 14.2 Å². The molecular formula is C27H48N7O6P. The van der Waals surface area contributed by atoms with Crippen molar-refractivity contribution in [1.29, 1.82) is 0 Å². The number of hydrogen-bond acceptors (Lipinski definition) is 10. The molecule has 2 aromatic rings. The number of carbonyl (C=O) groups excluding carboxylic acids is 2. The van der Waals surface area contributed by atoms with Gasteiger partial charge >= 0.3 is 11.9 Å². The number of nitrogens with one attached hydrogen (secondary N) is 2. The summed E-state index contributed by atoms with van der Waals surface area (Å²) < 4.78 is 33.1. The highest BCUT2D eigenvalue weighted by Gasteiger charge is 2.39. The zero-order valence-electron chi connectivity index (χ0n) is 25.7. The van der Waals surface area contributed by atoms with Crippen molar-refractivity contribution >= 4 is 36.4 Å². The van der Waals surface area contributed by atoms with Crippen LogP contribution >= 0.6 is 7.44 Å². The maximum absolute atomic E-state index is 14.4. The van der Waals surface area contributed by atoms with Crippen LogP contribution in [0.1, 0.15) is 81.1 Å². The molecule has 0 saturated carbocycles. The minimum atomic E-state index is -3.64. The lowest BCUT2D eigenvalue weighted by molar-refractivity contribution is -0.150. The van der Waals surface area contributed by atoms with E-state index in [-0.39, 0.29) is 37.2 Å². The van der Waals surface area contributed by atoms with Gasteiger partial charge in [-0.15, -0.1) is 0 Å². The lowest BCUT2D eigenvalue weighted by atomic mass is 10.0. The first-order chi connectivity index (χ1) is 19.2. The number of rotatable bonds is 18. The van der Waals surface area contributed by atoms with E-state index in [2.05, 4.69) is 32.1 Å². The molecule has 0 fully saturated rings. The van der Waals surface area contributed by atoms with Crippen LogP contribution in [0.5, 0.6) is 0 Å². The van der Waals surface area contributed by atoms with Crippen molar-refractivity contribution in [2.24, 2.45) is 5.92 Å². The molecule has 1 unspecified atom stereocenters. The van der Waals surface area contributed by atoms with Crippen LogP contribution < -0.4 is 15.9 Å². The summed E-state index contributed by atoms with van der Waals surface area (Å²) in [5.74, 6) is -0.727. The Morgan fingerprint density at radius 1 is 1.12 bits per heavy atom. The second-order valence-corrected chi connectivity index (χ2v) is 13.7. The first-order valence-electron chi connectivity index (χ1n) is 14.2. The molecule has 2 rings (SSSR count). The number of fused-ring (bicyclic) bond motifs is 1. The molecule has 0 aliphatic rings. The van der Waals surface area contributed by atoms with E-state index < -0.39 is 37.1 Å². The van der Waals surface area contributed by atoms with Gasteiger partial charge in [0, 0.05) is 6.04 Å². The molecule has 0 aliphatic carbocycles. The van der Waals surface area contributed by atoms with Crippen LogP contribution in [0.2, 0.25) is 0 Å². The van der Waals surface area contributed by atoms with Crippen LogP contribution in [-0.4, -0.2) is 68.2 Å². The van der Waals surface area contributed by atoms with Crippen LogP contribution in [0.4, 0.5) is 5.82 Å².